The van der Waals surface area contributed by atoms with Crippen LogP contribution in [0.25, 0.3) is 11.0 Å². The Hall–Kier alpha value is -3.15. The number of carbonyl (C=O) groups excluding carboxylic acids is 2. The lowest BCUT2D eigenvalue weighted by Crippen LogP contribution is -2.38. The molecule has 2 heterocycles. The van der Waals surface area contributed by atoms with E-state index in [4.69, 9.17) is 0 Å². The van der Waals surface area contributed by atoms with E-state index < -0.39 is 0 Å². The smallest absolute Gasteiger partial charge is 0.226 e. The standard InChI is InChI=1S/C24H28N4O2/c1-15(2)22(23-25-19-6-4-5-7-20(19)26-23)27-24(30)18-12-21(29)28(14-18)13-17-10-8-16(3)9-11-17/h4-11,15,18,22H,12-14H2,1-3H3,(H,25,26)(H,27,30)/t18-,22+/m1/s1. The summed E-state index contributed by atoms with van der Waals surface area (Å²) in [6.07, 6.45) is 0.253. The van der Waals surface area contributed by atoms with E-state index in [1.165, 1.54) is 5.56 Å². The molecular weight excluding hydrogens is 376 g/mol. The third-order valence-electron chi connectivity index (χ3n) is 5.75. The van der Waals surface area contributed by atoms with Gasteiger partial charge in [-0.25, -0.2) is 4.98 Å². The molecule has 6 heteroatoms. The van der Waals surface area contributed by atoms with Crippen LogP contribution in [0.2, 0.25) is 0 Å². The second kappa shape index (κ2) is 8.30. The van der Waals surface area contributed by atoms with Crippen molar-refractivity contribution in [3.63, 3.8) is 0 Å². The zero-order valence-corrected chi connectivity index (χ0v) is 17.7. The number of aromatic amines is 1. The van der Waals surface area contributed by atoms with E-state index in [9.17, 15) is 9.59 Å². The summed E-state index contributed by atoms with van der Waals surface area (Å²) in [6, 6.07) is 15.8. The van der Waals surface area contributed by atoms with Gasteiger partial charge in [0.2, 0.25) is 11.8 Å². The summed E-state index contributed by atoms with van der Waals surface area (Å²) in [5.74, 6) is 0.513. The van der Waals surface area contributed by atoms with E-state index in [2.05, 4.69) is 29.1 Å². The van der Waals surface area contributed by atoms with Gasteiger partial charge in [-0.2, -0.15) is 0 Å². The minimum atomic E-state index is -0.339. The summed E-state index contributed by atoms with van der Waals surface area (Å²) in [5.41, 5.74) is 4.10. The number of fused-ring (bicyclic) bond motifs is 1. The number of aryl methyl sites for hydroxylation is 1. The molecule has 1 aromatic heterocycles. The zero-order chi connectivity index (χ0) is 21.3. The van der Waals surface area contributed by atoms with E-state index in [0.29, 0.717) is 13.1 Å². The quantitative estimate of drug-likeness (QED) is 0.657. The minimum absolute atomic E-state index is 0.0283. The van der Waals surface area contributed by atoms with Gasteiger partial charge in [0.05, 0.1) is 23.0 Å². The highest BCUT2D eigenvalue weighted by atomic mass is 16.2. The number of imidazole rings is 1. The maximum Gasteiger partial charge on any atom is 0.226 e. The van der Waals surface area contributed by atoms with Crippen molar-refractivity contribution in [2.24, 2.45) is 11.8 Å². The molecule has 156 valence electrons. The van der Waals surface area contributed by atoms with Crippen molar-refractivity contribution in [2.45, 2.75) is 39.8 Å². The highest BCUT2D eigenvalue weighted by Crippen LogP contribution is 2.25. The number of likely N-dealkylation sites (tertiary alicyclic amines) is 1. The van der Waals surface area contributed by atoms with Crippen molar-refractivity contribution in [1.29, 1.82) is 0 Å². The second-order valence-corrected chi connectivity index (χ2v) is 8.53. The molecule has 0 bridgehead atoms. The maximum absolute atomic E-state index is 13.0. The Morgan fingerprint density at radius 2 is 1.93 bits per heavy atom. The third-order valence-corrected chi connectivity index (χ3v) is 5.75. The number of para-hydroxylation sites is 2. The van der Waals surface area contributed by atoms with Crippen LogP contribution in [0, 0.1) is 18.8 Å². The number of nitrogens with one attached hydrogen (secondary N) is 2. The van der Waals surface area contributed by atoms with E-state index in [-0.39, 0.29) is 36.1 Å². The summed E-state index contributed by atoms with van der Waals surface area (Å²) in [6.45, 7) is 7.14. The zero-order valence-electron chi connectivity index (χ0n) is 17.7. The molecule has 1 aliphatic heterocycles. The monoisotopic (exact) mass is 404 g/mol. The normalized spacial score (nSPS) is 17.7. The van der Waals surface area contributed by atoms with Gasteiger partial charge in [0.25, 0.3) is 0 Å². The van der Waals surface area contributed by atoms with Gasteiger partial charge >= 0.3 is 0 Å². The predicted octanol–water partition coefficient (Wildman–Crippen LogP) is 3.73. The van der Waals surface area contributed by atoms with E-state index in [1.807, 2.05) is 55.5 Å². The van der Waals surface area contributed by atoms with Crippen molar-refractivity contribution in [3.8, 4) is 0 Å². The molecule has 30 heavy (non-hydrogen) atoms. The van der Waals surface area contributed by atoms with Crippen LogP contribution in [0.4, 0.5) is 0 Å². The number of hydrogen-bond donors (Lipinski definition) is 2. The van der Waals surface area contributed by atoms with Gasteiger partial charge in [0.15, 0.2) is 0 Å². The topological polar surface area (TPSA) is 78.1 Å². The molecule has 0 saturated carbocycles. The fourth-order valence-corrected chi connectivity index (χ4v) is 3.96. The average Bonchev–Trinajstić information content (AvgIpc) is 3.31. The molecule has 0 aliphatic carbocycles. The van der Waals surface area contributed by atoms with E-state index in [0.717, 1.165) is 22.4 Å². The molecule has 2 amide bonds. The first-order valence-corrected chi connectivity index (χ1v) is 10.5. The summed E-state index contributed by atoms with van der Waals surface area (Å²) in [5, 5.41) is 3.14. The Labute approximate surface area is 176 Å². The molecule has 2 atom stereocenters. The summed E-state index contributed by atoms with van der Waals surface area (Å²) in [7, 11) is 0. The molecule has 0 radical (unpaired) electrons. The SMILES string of the molecule is Cc1ccc(CN2C[C@H](C(=O)N[C@H](c3nc4ccccc4[nH]3)C(C)C)CC2=O)cc1. The van der Waals surface area contributed by atoms with Crippen LogP contribution in [0.3, 0.4) is 0 Å². The van der Waals surface area contributed by atoms with Crippen molar-refractivity contribution < 1.29 is 9.59 Å². The molecule has 3 aromatic rings. The van der Waals surface area contributed by atoms with Gasteiger partial charge in [0, 0.05) is 19.5 Å². The van der Waals surface area contributed by atoms with Gasteiger partial charge in [-0.3, -0.25) is 9.59 Å². The maximum atomic E-state index is 13.0. The van der Waals surface area contributed by atoms with Crippen LogP contribution < -0.4 is 5.32 Å². The van der Waals surface area contributed by atoms with Crippen molar-refractivity contribution >= 4 is 22.8 Å². The van der Waals surface area contributed by atoms with Gasteiger partial charge < -0.3 is 15.2 Å². The molecule has 2 aromatic carbocycles. The van der Waals surface area contributed by atoms with Gasteiger partial charge in [-0.1, -0.05) is 55.8 Å². The Balaban J connectivity index is 1.44. The van der Waals surface area contributed by atoms with Gasteiger partial charge in [-0.05, 0) is 30.5 Å². The van der Waals surface area contributed by atoms with E-state index in [1.54, 1.807) is 4.90 Å². The number of amides is 2. The largest absolute Gasteiger partial charge is 0.346 e. The fraction of sp³-hybridized carbons (Fsp3) is 0.375. The predicted molar refractivity (Wildman–Crippen MR) is 117 cm³/mol. The summed E-state index contributed by atoms with van der Waals surface area (Å²) in [4.78, 5) is 35.3. The van der Waals surface area contributed by atoms with Crippen LogP contribution >= 0.6 is 0 Å². The molecule has 4 rings (SSSR count). The number of H-pyrrole nitrogens is 1. The average molecular weight is 405 g/mol. The number of aromatic nitrogens is 2. The molecule has 1 saturated heterocycles. The first-order valence-electron chi connectivity index (χ1n) is 10.5. The first-order chi connectivity index (χ1) is 14.4. The van der Waals surface area contributed by atoms with E-state index >= 15 is 0 Å². The molecule has 1 aliphatic rings. The number of nitrogens with zero attached hydrogens (tertiary/aromatic N) is 2. The lowest BCUT2D eigenvalue weighted by molar-refractivity contribution is -0.129. The van der Waals surface area contributed by atoms with Crippen LogP contribution in [-0.2, 0) is 16.1 Å². The van der Waals surface area contributed by atoms with Crippen LogP contribution in [0.1, 0.15) is 43.3 Å². The number of rotatable bonds is 6. The van der Waals surface area contributed by atoms with Crippen molar-refractivity contribution in [2.75, 3.05) is 6.54 Å². The third kappa shape index (κ3) is 4.22. The number of carbonyl (C=O) groups is 2. The lowest BCUT2D eigenvalue weighted by atomic mass is 10.0. The number of benzene rings is 2. The highest BCUT2D eigenvalue weighted by Gasteiger charge is 2.35. The summed E-state index contributed by atoms with van der Waals surface area (Å²) < 4.78 is 0. The molecule has 6 nitrogen and oxygen atoms in total. The molecule has 2 N–H and O–H groups in total. The number of hydrogen-bond acceptors (Lipinski definition) is 3. The van der Waals surface area contributed by atoms with Crippen LogP contribution in [0.5, 0.6) is 0 Å². The van der Waals surface area contributed by atoms with Crippen molar-refractivity contribution in [3.05, 3.63) is 65.5 Å². The summed E-state index contributed by atoms with van der Waals surface area (Å²) >= 11 is 0. The lowest BCUT2D eigenvalue weighted by Gasteiger charge is -2.22. The second-order valence-electron chi connectivity index (χ2n) is 8.53. The highest BCUT2D eigenvalue weighted by molar-refractivity contribution is 5.89. The van der Waals surface area contributed by atoms with Crippen molar-refractivity contribution in [1.82, 2.24) is 20.2 Å². The van der Waals surface area contributed by atoms with Crippen LogP contribution in [-0.4, -0.2) is 33.2 Å². The molecule has 1 fully saturated rings. The first kappa shape index (κ1) is 20.1. The van der Waals surface area contributed by atoms with Gasteiger partial charge in [0.1, 0.15) is 5.82 Å². The molecule has 0 unspecified atom stereocenters. The molecule has 0 spiro atoms. The van der Waals surface area contributed by atoms with Crippen LogP contribution in [0.15, 0.2) is 48.5 Å². The fourth-order valence-electron chi connectivity index (χ4n) is 3.96. The molecular formula is C24H28N4O2. The Morgan fingerprint density at radius 1 is 1.20 bits per heavy atom. The minimum Gasteiger partial charge on any atom is -0.346 e. The van der Waals surface area contributed by atoms with Gasteiger partial charge in [-0.15, -0.1) is 0 Å². The Kier molecular flexibility index (Phi) is 5.57. The Bertz CT molecular complexity index is 1020. The Morgan fingerprint density at radius 3 is 2.63 bits per heavy atom.